The van der Waals surface area contributed by atoms with E-state index in [1.807, 2.05) is 27.7 Å². The van der Waals surface area contributed by atoms with E-state index >= 15 is 0 Å². The van der Waals surface area contributed by atoms with Crippen molar-refractivity contribution >= 4 is 17.7 Å². The Morgan fingerprint density at radius 3 is 1.20 bits per heavy atom. The molecule has 0 saturated carbocycles. The number of methoxy groups -OCH3 is 1. The number of hydrogen-bond acceptors (Lipinski definition) is 4. The number of carbonyl (C=O) groups excluding carboxylic acids is 3. The van der Waals surface area contributed by atoms with Crippen molar-refractivity contribution in [1.29, 1.82) is 0 Å². The smallest absolute Gasteiger partial charge is 0.308 e. The van der Waals surface area contributed by atoms with E-state index in [9.17, 15) is 14.4 Å². The molecule has 0 aliphatic heterocycles. The summed E-state index contributed by atoms with van der Waals surface area (Å²) in [5, 5.41) is 2.53. The minimum atomic E-state index is -0.153. The van der Waals surface area contributed by atoms with Gasteiger partial charge in [-0.05, 0) is 6.92 Å². The van der Waals surface area contributed by atoms with Crippen molar-refractivity contribution in [3.8, 4) is 0 Å². The summed E-state index contributed by atoms with van der Waals surface area (Å²) in [6, 6.07) is 0. The van der Waals surface area contributed by atoms with Crippen molar-refractivity contribution in [2.75, 3.05) is 14.2 Å². The van der Waals surface area contributed by atoms with Crippen molar-refractivity contribution in [1.82, 2.24) is 5.32 Å². The Bertz CT molecular complexity index is 264. The van der Waals surface area contributed by atoms with Gasteiger partial charge in [-0.2, -0.15) is 0 Å². The summed E-state index contributed by atoms with van der Waals surface area (Å²) in [7, 11) is 3.03. The fourth-order valence-corrected chi connectivity index (χ4v) is 0.524. The van der Waals surface area contributed by atoms with Gasteiger partial charge in [-0.15, -0.1) is 0 Å². The molecule has 1 N–H and O–H groups in total. The monoisotopic (exact) mass is 289 g/mol. The molecule has 5 heteroatoms. The van der Waals surface area contributed by atoms with Crippen molar-refractivity contribution in [2.45, 2.75) is 48.5 Å². The van der Waals surface area contributed by atoms with Crippen LogP contribution in [-0.2, 0) is 19.1 Å². The molecule has 0 aromatic carbocycles. The zero-order valence-electron chi connectivity index (χ0n) is 14.4. The molecule has 120 valence electrons. The number of rotatable bonds is 3. The van der Waals surface area contributed by atoms with Gasteiger partial charge in [0, 0.05) is 18.9 Å². The van der Waals surface area contributed by atoms with Crippen LogP contribution in [0.4, 0.5) is 0 Å². The topological polar surface area (TPSA) is 72.5 Å². The largest absolute Gasteiger partial charge is 0.469 e. The van der Waals surface area contributed by atoms with Crippen molar-refractivity contribution in [3.05, 3.63) is 0 Å². The van der Waals surface area contributed by atoms with E-state index in [0.29, 0.717) is 0 Å². The molecule has 0 heterocycles. The lowest BCUT2D eigenvalue weighted by Crippen LogP contribution is -2.22. The van der Waals surface area contributed by atoms with Crippen LogP contribution in [-0.4, -0.2) is 31.8 Å². The number of ether oxygens (including phenoxy) is 1. The lowest BCUT2D eigenvalue weighted by molar-refractivity contribution is -0.144. The minimum Gasteiger partial charge on any atom is -0.469 e. The molecule has 0 fully saturated rings. The van der Waals surface area contributed by atoms with Gasteiger partial charge in [0.25, 0.3) is 0 Å². The van der Waals surface area contributed by atoms with Crippen molar-refractivity contribution < 1.29 is 19.1 Å². The average molecular weight is 289 g/mol. The van der Waals surface area contributed by atoms with E-state index in [1.54, 1.807) is 27.8 Å². The van der Waals surface area contributed by atoms with Gasteiger partial charge >= 0.3 is 5.97 Å². The van der Waals surface area contributed by atoms with Crippen LogP contribution in [0.25, 0.3) is 0 Å². The predicted octanol–water partition coefficient (Wildman–Crippen LogP) is 2.44. The van der Waals surface area contributed by atoms with Crippen LogP contribution in [0.1, 0.15) is 48.5 Å². The Morgan fingerprint density at radius 1 is 0.850 bits per heavy atom. The number of ketones is 1. The van der Waals surface area contributed by atoms with Crippen LogP contribution < -0.4 is 5.32 Å². The molecule has 0 atom stereocenters. The number of hydrogen-bond donors (Lipinski definition) is 1. The molecule has 20 heavy (non-hydrogen) atoms. The maximum atomic E-state index is 10.4. The fourth-order valence-electron chi connectivity index (χ4n) is 0.524. The summed E-state index contributed by atoms with van der Waals surface area (Å²) in [5.74, 6) is 0.537. The van der Waals surface area contributed by atoms with Gasteiger partial charge in [-0.25, -0.2) is 0 Å². The molecule has 5 nitrogen and oxygen atoms in total. The first kappa shape index (κ1) is 23.7. The first-order chi connectivity index (χ1) is 9.00. The number of nitrogens with one attached hydrogen (secondary N) is 1. The van der Waals surface area contributed by atoms with Crippen LogP contribution in [0.2, 0.25) is 0 Å². The third-order valence-corrected chi connectivity index (χ3v) is 2.26. The molecular weight excluding hydrogens is 258 g/mol. The number of carbonyl (C=O) groups is 3. The van der Waals surface area contributed by atoms with Crippen molar-refractivity contribution in [2.24, 2.45) is 17.8 Å². The predicted molar refractivity (Wildman–Crippen MR) is 81.3 cm³/mol. The molecule has 0 aliphatic rings. The second-order valence-electron chi connectivity index (χ2n) is 5.21. The Morgan fingerprint density at radius 2 is 1.20 bits per heavy atom. The molecule has 0 bridgehead atoms. The molecule has 0 saturated heterocycles. The van der Waals surface area contributed by atoms with Crippen LogP contribution in [0.5, 0.6) is 0 Å². The maximum absolute atomic E-state index is 10.4. The van der Waals surface area contributed by atoms with E-state index in [2.05, 4.69) is 10.1 Å². The lowest BCUT2D eigenvalue weighted by atomic mass is 10.1. The molecule has 1 amide bonds. The van der Waals surface area contributed by atoms with Gasteiger partial charge in [-0.1, -0.05) is 41.5 Å². The second-order valence-corrected chi connectivity index (χ2v) is 5.21. The zero-order chi connectivity index (χ0) is 16.9. The van der Waals surface area contributed by atoms with E-state index in [1.165, 1.54) is 7.11 Å². The Kier molecular flexibility index (Phi) is 16.6. The van der Waals surface area contributed by atoms with Crippen LogP contribution in [0.3, 0.4) is 0 Å². The third kappa shape index (κ3) is 19.0. The fraction of sp³-hybridized carbons (Fsp3) is 0.800. The normalized spacial score (nSPS) is 9.20. The van der Waals surface area contributed by atoms with Crippen LogP contribution in [0, 0.1) is 17.8 Å². The van der Waals surface area contributed by atoms with Gasteiger partial charge in [0.15, 0.2) is 0 Å². The second kappa shape index (κ2) is 14.0. The van der Waals surface area contributed by atoms with E-state index in [-0.39, 0.29) is 35.4 Å². The lowest BCUT2D eigenvalue weighted by Gasteiger charge is -1.98. The Hall–Kier alpha value is -1.39. The van der Waals surface area contributed by atoms with Gasteiger partial charge in [0.05, 0.1) is 13.0 Å². The first-order valence-electron chi connectivity index (χ1n) is 6.80. The standard InChI is InChI=1S/C5H11NO.C5H10O2.C5H10O/c1-4(2)5(7)6-3;1-4(2)5(6)7-3;1-4(2)5(3)6/h4H,1-3H3,(H,6,7);4H,1-3H3;4H,1-3H3. The number of Topliss-reactive ketones (excluding diaryl/α,β-unsaturated/α-hetero) is 1. The summed E-state index contributed by atoms with van der Waals surface area (Å²) in [5.41, 5.74) is 0. The minimum absolute atomic E-state index is 0.00463. The van der Waals surface area contributed by atoms with E-state index in [0.717, 1.165) is 0 Å². The molecule has 0 aromatic rings. The third-order valence-electron chi connectivity index (χ3n) is 2.26. The van der Waals surface area contributed by atoms with Gasteiger partial charge in [0.1, 0.15) is 5.78 Å². The summed E-state index contributed by atoms with van der Waals surface area (Å²) >= 11 is 0. The van der Waals surface area contributed by atoms with Gasteiger partial charge in [-0.3, -0.25) is 14.4 Å². The quantitative estimate of drug-likeness (QED) is 0.810. The van der Waals surface area contributed by atoms with E-state index < -0.39 is 0 Å². The van der Waals surface area contributed by atoms with Gasteiger partial charge < -0.3 is 10.1 Å². The van der Waals surface area contributed by atoms with Crippen LogP contribution in [0.15, 0.2) is 0 Å². The van der Waals surface area contributed by atoms with E-state index in [4.69, 9.17) is 0 Å². The first-order valence-corrected chi connectivity index (χ1v) is 6.80. The summed E-state index contributed by atoms with van der Waals surface area (Å²) in [6.45, 7) is 12.7. The van der Waals surface area contributed by atoms with Crippen LogP contribution >= 0.6 is 0 Å². The summed E-state index contributed by atoms with van der Waals surface area (Å²) in [6.07, 6.45) is 0. The number of amides is 1. The zero-order valence-corrected chi connectivity index (χ0v) is 14.4. The molecule has 0 radical (unpaired) electrons. The molecule has 0 aromatic heterocycles. The summed E-state index contributed by atoms with van der Waals surface area (Å²) < 4.78 is 4.37. The molecule has 0 aliphatic carbocycles. The molecule has 0 unspecified atom stereocenters. The van der Waals surface area contributed by atoms with Crippen molar-refractivity contribution in [3.63, 3.8) is 0 Å². The SMILES string of the molecule is CC(=O)C(C)C.CNC(=O)C(C)C.COC(=O)C(C)C. The Labute approximate surface area is 123 Å². The molecular formula is C15H31NO4. The highest BCUT2D eigenvalue weighted by atomic mass is 16.5. The Balaban J connectivity index is -0.000000218. The highest BCUT2D eigenvalue weighted by molar-refractivity contribution is 5.77. The summed E-state index contributed by atoms with van der Waals surface area (Å²) in [4.78, 5) is 30.8. The number of esters is 1. The maximum Gasteiger partial charge on any atom is 0.308 e. The molecule has 0 spiro atoms. The highest BCUT2D eigenvalue weighted by Gasteiger charge is 2.03. The molecule has 0 rings (SSSR count). The average Bonchev–Trinajstić information content (AvgIpc) is 2.37. The highest BCUT2D eigenvalue weighted by Crippen LogP contribution is 1.92. The van der Waals surface area contributed by atoms with Gasteiger partial charge in [0.2, 0.25) is 5.91 Å².